The molecule has 0 radical (unpaired) electrons. The predicted molar refractivity (Wildman–Crippen MR) is 107 cm³/mol. The number of halogens is 1. The number of ether oxygens (including phenoxy) is 1. The molecule has 2 aromatic rings. The zero-order valence-corrected chi connectivity index (χ0v) is 17.1. The van der Waals surface area contributed by atoms with Crippen LogP contribution in [0.3, 0.4) is 0 Å². The van der Waals surface area contributed by atoms with E-state index in [1.807, 2.05) is 6.07 Å². The molecule has 29 heavy (non-hydrogen) atoms. The maximum atomic E-state index is 13.3. The Morgan fingerprint density at radius 2 is 1.55 bits per heavy atom. The summed E-state index contributed by atoms with van der Waals surface area (Å²) in [6.45, 7) is 6.29. The molecular formula is C19H24FN5O3S. The minimum absolute atomic E-state index is 0.156. The van der Waals surface area contributed by atoms with Gasteiger partial charge in [-0.25, -0.2) is 22.8 Å². The van der Waals surface area contributed by atoms with E-state index in [0.29, 0.717) is 45.0 Å². The Labute approximate surface area is 170 Å². The number of morpholine rings is 1. The first-order valence-corrected chi connectivity index (χ1v) is 11.1. The number of anilines is 2. The van der Waals surface area contributed by atoms with Crippen molar-refractivity contribution in [2.45, 2.75) is 11.8 Å². The lowest BCUT2D eigenvalue weighted by Gasteiger charge is -2.35. The Balaban J connectivity index is 1.45. The molecule has 8 nitrogen and oxygen atoms in total. The standard InChI is InChI=1S/C19H24FN5O3S/c1-15-12-16(20)2-3-17(15)29(26,27)25-6-4-23(5-7-25)18-13-19(22-14-21-18)24-8-10-28-11-9-24/h2-3,12-14H,4-11H2,1H3. The van der Waals surface area contributed by atoms with Gasteiger partial charge in [0.25, 0.3) is 0 Å². The highest BCUT2D eigenvalue weighted by molar-refractivity contribution is 7.89. The van der Waals surface area contributed by atoms with E-state index >= 15 is 0 Å². The van der Waals surface area contributed by atoms with Crippen LogP contribution in [0.1, 0.15) is 5.56 Å². The molecule has 0 N–H and O–H groups in total. The number of aryl methyl sites for hydroxylation is 1. The highest BCUT2D eigenvalue weighted by atomic mass is 32.2. The average Bonchev–Trinajstić information content (AvgIpc) is 2.74. The number of aromatic nitrogens is 2. The van der Waals surface area contributed by atoms with Gasteiger partial charge in [0.05, 0.1) is 18.1 Å². The van der Waals surface area contributed by atoms with E-state index in [9.17, 15) is 12.8 Å². The smallest absolute Gasteiger partial charge is 0.243 e. The lowest BCUT2D eigenvalue weighted by Crippen LogP contribution is -2.49. The summed E-state index contributed by atoms with van der Waals surface area (Å²) in [5, 5.41) is 0. The molecule has 0 unspecified atom stereocenters. The van der Waals surface area contributed by atoms with Crippen LogP contribution in [0.25, 0.3) is 0 Å². The van der Waals surface area contributed by atoms with Crippen molar-refractivity contribution in [3.63, 3.8) is 0 Å². The van der Waals surface area contributed by atoms with Gasteiger partial charge in [-0.1, -0.05) is 0 Å². The van der Waals surface area contributed by atoms with Gasteiger partial charge in [-0.2, -0.15) is 4.31 Å². The largest absolute Gasteiger partial charge is 0.378 e. The van der Waals surface area contributed by atoms with Gasteiger partial charge in [0, 0.05) is 45.3 Å². The molecule has 0 bridgehead atoms. The van der Waals surface area contributed by atoms with Gasteiger partial charge in [-0.3, -0.25) is 0 Å². The second-order valence-corrected chi connectivity index (χ2v) is 9.04. The van der Waals surface area contributed by atoms with Crippen molar-refractivity contribution in [2.75, 3.05) is 62.3 Å². The molecule has 0 aliphatic carbocycles. The maximum absolute atomic E-state index is 13.3. The normalized spacial score (nSPS) is 18.8. The summed E-state index contributed by atoms with van der Waals surface area (Å²) in [6.07, 6.45) is 1.55. The van der Waals surface area contributed by atoms with Crippen molar-refractivity contribution in [2.24, 2.45) is 0 Å². The third-order valence-electron chi connectivity index (χ3n) is 5.29. The van der Waals surface area contributed by atoms with Crippen LogP contribution in [0, 0.1) is 12.7 Å². The first kappa shape index (κ1) is 20.0. The van der Waals surface area contributed by atoms with Crippen molar-refractivity contribution >= 4 is 21.7 Å². The van der Waals surface area contributed by atoms with Gasteiger partial charge >= 0.3 is 0 Å². The third-order valence-corrected chi connectivity index (χ3v) is 7.35. The van der Waals surface area contributed by atoms with E-state index in [1.54, 1.807) is 13.3 Å². The first-order chi connectivity index (χ1) is 13.9. The van der Waals surface area contributed by atoms with E-state index in [1.165, 1.54) is 22.5 Å². The first-order valence-electron chi connectivity index (χ1n) is 9.61. The molecule has 3 heterocycles. The summed E-state index contributed by atoms with van der Waals surface area (Å²) in [7, 11) is -3.66. The Morgan fingerprint density at radius 1 is 0.931 bits per heavy atom. The maximum Gasteiger partial charge on any atom is 0.243 e. The Bertz CT molecular complexity index is 974. The van der Waals surface area contributed by atoms with E-state index < -0.39 is 15.8 Å². The number of nitrogens with zero attached hydrogens (tertiary/aromatic N) is 5. The molecule has 2 fully saturated rings. The number of hydrogen-bond donors (Lipinski definition) is 0. The van der Waals surface area contributed by atoms with Gasteiger partial charge in [0.15, 0.2) is 0 Å². The molecule has 1 aromatic carbocycles. The zero-order valence-electron chi connectivity index (χ0n) is 16.3. The summed E-state index contributed by atoms with van der Waals surface area (Å²) in [6, 6.07) is 5.71. The number of rotatable bonds is 4. The van der Waals surface area contributed by atoms with Crippen molar-refractivity contribution in [1.82, 2.24) is 14.3 Å². The monoisotopic (exact) mass is 421 g/mol. The molecule has 2 aliphatic rings. The van der Waals surface area contributed by atoms with Gasteiger partial charge in [-0.15, -0.1) is 0 Å². The van der Waals surface area contributed by atoms with Crippen LogP contribution in [-0.4, -0.2) is 75.2 Å². The lowest BCUT2D eigenvalue weighted by atomic mass is 10.2. The SMILES string of the molecule is Cc1cc(F)ccc1S(=O)(=O)N1CCN(c2cc(N3CCOCC3)ncn2)CC1. The molecule has 2 saturated heterocycles. The van der Waals surface area contributed by atoms with E-state index in [-0.39, 0.29) is 4.90 Å². The molecule has 0 atom stereocenters. The highest BCUT2D eigenvalue weighted by Gasteiger charge is 2.30. The Morgan fingerprint density at radius 3 is 2.17 bits per heavy atom. The number of piperazine rings is 1. The van der Waals surface area contributed by atoms with Gasteiger partial charge in [0.1, 0.15) is 23.8 Å². The van der Waals surface area contributed by atoms with Crippen molar-refractivity contribution in [1.29, 1.82) is 0 Å². The Kier molecular flexibility index (Phi) is 5.66. The van der Waals surface area contributed by atoms with Crippen LogP contribution in [-0.2, 0) is 14.8 Å². The Hall–Kier alpha value is -2.30. The zero-order chi connectivity index (χ0) is 20.4. The lowest BCUT2D eigenvalue weighted by molar-refractivity contribution is 0.122. The van der Waals surface area contributed by atoms with Crippen LogP contribution < -0.4 is 9.80 Å². The fourth-order valence-electron chi connectivity index (χ4n) is 3.67. The van der Waals surface area contributed by atoms with Crippen LogP contribution >= 0.6 is 0 Å². The molecule has 156 valence electrons. The molecule has 0 saturated carbocycles. The van der Waals surface area contributed by atoms with Crippen molar-refractivity contribution < 1.29 is 17.5 Å². The summed E-state index contributed by atoms with van der Waals surface area (Å²) in [5.74, 6) is 1.21. The summed E-state index contributed by atoms with van der Waals surface area (Å²) in [4.78, 5) is 13.1. The minimum Gasteiger partial charge on any atom is -0.378 e. The van der Waals surface area contributed by atoms with Crippen LogP contribution in [0.15, 0.2) is 35.5 Å². The molecular weight excluding hydrogens is 397 g/mol. The molecule has 0 spiro atoms. The van der Waals surface area contributed by atoms with Crippen molar-refractivity contribution in [3.8, 4) is 0 Å². The molecule has 2 aliphatic heterocycles. The second-order valence-electron chi connectivity index (χ2n) is 7.13. The van der Waals surface area contributed by atoms with Gasteiger partial charge in [0.2, 0.25) is 10.0 Å². The molecule has 0 amide bonds. The second kappa shape index (κ2) is 8.21. The van der Waals surface area contributed by atoms with E-state index in [4.69, 9.17) is 4.74 Å². The number of hydrogen-bond acceptors (Lipinski definition) is 7. The topological polar surface area (TPSA) is 78.9 Å². The van der Waals surface area contributed by atoms with Gasteiger partial charge < -0.3 is 14.5 Å². The predicted octanol–water partition coefficient (Wildman–Crippen LogP) is 1.27. The number of sulfonamides is 1. The van der Waals surface area contributed by atoms with Crippen LogP contribution in [0.2, 0.25) is 0 Å². The average molecular weight is 421 g/mol. The van der Waals surface area contributed by atoms with Crippen molar-refractivity contribution in [3.05, 3.63) is 42.0 Å². The summed E-state index contributed by atoms with van der Waals surface area (Å²) >= 11 is 0. The van der Waals surface area contributed by atoms with E-state index in [2.05, 4.69) is 19.8 Å². The summed E-state index contributed by atoms with van der Waals surface area (Å²) < 4.78 is 46.1. The fraction of sp³-hybridized carbons (Fsp3) is 0.474. The molecule has 1 aromatic heterocycles. The fourth-order valence-corrected chi connectivity index (χ4v) is 5.30. The van der Waals surface area contributed by atoms with Gasteiger partial charge in [-0.05, 0) is 30.7 Å². The molecule has 4 rings (SSSR count). The highest BCUT2D eigenvalue weighted by Crippen LogP contribution is 2.24. The van der Waals surface area contributed by atoms with Crippen LogP contribution in [0.5, 0.6) is 0 Å². The molecule has 10 heteroatoms. The summed E-state index contributed by atoms with van der Waals surface area (Å²) in [5.41, 5.74) is 0.415. The minimum atomic E-state index is -3.66. The quantitative estimate of drug-likeness (QED) is 0.736. The number of benzene rings is 1. The van der Waals surface area contributed by atoms with E-state index in [0.717, 1.165) is 24.7 Å². The third kappa shape index (κ3) is 4.19. The van der Waals surface area contributed by atoms with Crippen LogP contribution in [0.4, 0.5) is 16.0 Å².